The molecule has 2 fully saturated rings. The molecule has 1 atom stereocenters. The Labute approximate surface area is 147 Å². The maximum absolute atomic E-state index is 12.5. The number of carbonyl (C=O) groups is 3. The highest BCUT2D eigenvalue weighted by Crippen LogP contribution is 2.32. The normalized spacial score (nSPS) is 20.2. The molecule has 1 aliphatic carbocycles. The van der Waals surface area contributed by atoms with Crippen molar-refractivity contribution in [1.29, 1.82) is 0 Å². The number of amides is 2. The number of piperidine rings is 1. The van der Waals surface area contributed by atoms with E-state index >= 15 is 0 Å². The van der Waals surface area contributed by atoms with Crippen molar-refractivity contribution in [2.75, 3.05) is 18.4 Å². The van der Waals surface area contributed by atoms with Crippen LogP contribution in [-0.2, 0) is 20.8 Å². The maximum atomic E-state index is 12.5. The van der Waals surface area contributed by atoms with Gasteiger partial charge in [-0.15, -0.1) is 0 Å². The highest BCUT2D eigenvalue weighted by atomic mass is 16.4. The lowest BCUT2D eigenvalue weighted by Gasteiger charge is -2.32. The molecule has 0 bridgehead atoms. The van der Waals surface area contributed by atoms with Crippen LogP contribution in [0.1, 0.15) is 37.7 Å². The Morgan fingerprint density at radius 1 is 1.08 bits per heavy atom. The molecule has 1 aromatic carbocycles. The van der Waals surface area contributed by atoms with Gasteiger partial charge in [0, 0.05) is 31.1 Å². The predicted molar refractivity (Wildman–Crippen MR) is 93.1 cm³/mol. The monoisotopic (exact) mass is 344 g/mol. The van der Waals surface area contributed by atoms with E-state index in [-0.39, 0.29) is 30.1 Å². The lowest BCUT2D eigenvalue weighted by molar-refractivity contribution is -0.137. The molecule has 3 rings (SSSR count). The van der Waals surface area contributed by atoms with Crippen molar-refractivity contribution in [3.05, 3.63) is 29.8 Å². The number of anilines is 1. The van der Waals surface area contributed by atoms with Gasteiger partial charge in [-0.05, 0) is 49.8 Å². The van der Waals surface area contributed by atoms with E-state index in [1.54, 1.807) is 12.1 Å². The number of benzene rings is 1. The van der Waals surface area contributed by atoms with Crippen LogP contribution in [-0.4, -0.2) is 40.9 Å². The van der Waals surface area contributed by atoms with Crippen LogP contribution >= 0.6 is 0 Å². The molecule has 6 nitrogen and oxygen atoms in total. The fourth-order valence-corrected chi connectivity index (χ4v) is 3.23. The first-order chi connectivity index (χ1) is 12.0. The summed E-state index contributed by atoms with van der Waals surface area (Å²) in [5.74, 6) is -0.630. The molecule has 0 radical (unpaired) electrons. The van der Waals surface area contributed by atoms with E-state index in [9.17, 15) is 14.4 Å². The molecule has 1 saturated heterocycles. The van der Waals surface area contributed by atoms with Gasteiger partial charge in [0.1, 0.15) is 0 Å². The van der Waals surface area contributed by atoms with Crippen molar-refractivity contribution >= 4 is 23.5 Å². The van der Waals surface area contributed by atoms with Gasteiger partial charge in [-0.25, -0.2) is 0 Å². The van der Waals surface area contributed by atoms with E-state index in [0.717, 1.165) is 37.8 Å². The highest BCUT2D eigenvalue weighted by molar-refractivity contribution is 5.93. The Kier molecular flexibility index (Phi) is 5.36. The second kappa shape index (κ2) is 7.68. The van der Waals surface area contributed by atoms with Crippen molar-refractivity contribution in [2.45, 2.75) is 38.5 Å². The lowest BCUT2D eigenvalue weighted by atomic mass is 9.96. The van der Waals surface area contributed by atoms with Gasteiger partial charge in [-0.2, -0.15) is 0 Å². The summed E-state index contributed by atoms with van der Waals surface area (Å²) >= 11 is 0. The summed E-state index contributed by atoms with van der Waals surface area (Å²) in [6.45, 7) is 1.27. The number of carboxylic acids is 1. The van der Waals surface area contributed by atoms with Gasteiger partial charge in [-0.3, -0.25) is 14.4 Å². The minimum Gasteiger partial charge on any atom is -0.481 e. The molecule has 1 unspecified atom stereocenters. The fraction of sp³-hybridized carbons (Fsp3) is 0.526. The average Bonchev–Trinajstić information content (AvgIpc) is 3.45. The molecular formula is C19H24N2O4. The number of carbonyl (C=O) groups excluding carboxylic acids is 2. The molecule has 1 heterocycles. The van der Waals surface area contributed by atoms with Gasteiger partial charge >= 0.3 is 5.97 Å². The first kappa shape index (κ1) is 17.5. The smallest absolute Gasteiger partial charge is 0.303 e. The Hall–Kier alpha value is -2.37. The molecule has 134 valence electrons. The van der Waals surface area contributed by atoms with Crippen molar-refractivity contribution < 1.29 is 19.5 Å². The zero-order chi connectivity index (χ0) is 17.8. The van der Waals surface area contributed by atoms with Gasteiger partial charge in [0.2, 0.25) is 11.8 Å². The molecule has 6 heteroatoms. The van der Waals surface area contributed by atoms with Crippen LogP contribution in [0.4, 0.5) is 5.69 Å². The maximum Gasteiger partial charge on any atom is 0.303 e. The summed E-state index contributed by atoms with van der Waals surface area (Å²) in [5.41, 5.74) is 1.63. The van der Waals surface area contributed by atoms with E-state index in [4.69, 9.17) is 5.11 Å². The van der Waals surface area contributed by atoms with Gasteiger partial charge in [0.05, 0.1) is 5.92 Å². The summed E-state index contributed by atoms with van der Waals surface area (Å²) < 4.78 is 0. The van der Waals surface area contributed by atoms with Crippen molar-refractivity contribution in [1.82, 2.24) is 4.90 Å². The third-order valence-corrected chi connectivity index (χ3v) is 4.88. The third kappa shape index (κ3) is 4.81. The molecule has 0 aromatic heterocycles. The number of hydrogen-bond acceptors (Lipinski definition) is 3. The van der Waals surface area contributed by atoms with Crippen LogP contribution in [0.5, 0.6) is 0 Å². The molecule has 2 amide bonds. The zero-order valence-electron chi connectivity index (χ0n) is 14.2. The van der Waals surface area contributed by atoms with E-state index in [2.05, 4.69) is 5.32 Å². The Morgan fingerprint density at radius 2 is 1.80 bits per heavy atom. The first-order valence-electron chi connectivity index (χ1n) is 8.93. The Balaban J connectivity index is 1.52. The average molecular weight is 344 g/mol. The molecule has 1 aromatic rings. The van der Waals surface area contributed by atoms with E-state index < -0.39 is 5.97 Å². The van der Waals surface area contributed by atoms with Gasteiger partial charge in [-0.1, -0.05) is 12.1 Å². The number of nitrogens with zero attached hydrogens (tertiary/aromatic N) is 1. The second-order valence-electron chi connectivity index (χ2n) is 6.98. The Morgan fingerprint density at radius 3 is 2.44 bits per heavy atom. The van der Waals surface area contributed by atoms with Gasteiger partial charge in [0.25, 0.3) is 0 Å². The van der Waals surface area contributed by atoms with Gasteiger partial charge < -0.3 is 15.3 Å². The number of aliphatic carboxylic acids is 1. The van der Waals surface area contributed by atoms with E-state index in [0.29, 0.717) is 18.7 Å². The minimum absolute atomic E-state index is 0.0495. The standard InChI is InChI=1S/C19H24N2O4/c22-17(23)10-5-13-3-8-16(9-4-13)20-18(24)15-2-1-11-21(12-15)19(25)14-6-7-14/h3-4,8-9,14-15H,1-2,5-7,10-12H2,(H,20,24)(H,22,23). The summed E-state index contributed by atoms with van der Waals surface area (Å²) in [5, 5.41) is 11.6. The highest BCUT2D eigenvalue weighted by Gasteiger charge is 2.36. The molecular weight excluding hydrogens is 320 g/mol. The molecule has 25 heavy (non-hydrogen) atoms. The summed E-state index contributed by atoms with van der Waals surface area (Å²) in [6, 6.07) is 7.26. The minimum atomic E-state index is -0.819. The third-order valence-electron chi connectivity index (χ3n) is 4.88. The lowest BCUT2D eigenvalue weighted by Crippen LogP contribution is -2.44. The number of hydrogen-bond donors (Lipinski definition) is 2. The quantitative estimate of drug-likeness (QED) is 0.829. The van der Waals surface area contributed by atoms with Crippen LogP contribution in [0, 0.1) is 11.8 Å². The number of aryl methyl sites for hydroxylation is 1. The molecule has 0 spiro atoms. The zero-order valence-corrected chi connectivity index (χ0v) is 14.2. The van der Waals surface area contributed by atoms with Gasteiger partial charge in [0.15, 0.2) is 0 Å². The fourth-order valence-electron chi connectivity index (χ4n) is 3.23. The van der Waals surface area contributed by atoms with Crippen LogP contribution in [0.2, 0.25) is 0 Å². The first-order valence-corrected chi connectivity index (χ1v) is 8.93. The number of likely N-dealkylation sites (tertiary alicyclic amines) is 1. The SMILES string of the molecule is O=C(O)CCc1ccc(NC(=O)C2CCCN(C(=O)C3CC3)C2)cc1. The number of carboxylic acid groups (broad SMARTS) is 1. The molecule has 2 N–H and O–H groups in total. The van der Waals surface area contributed by atoms with Crippen LogP contribution < -0.4 is 5.32 Å². The van der Waals surface area contributed by atoms with Crippen molar-refractivity contribution in [2.24, 2.45) is 11.8 Å². The summed E-state index contributed by atoms with van der Waals surface area (Å²) in [4.78, 5) is 37.1. The molecule has 1 saturated carbocycles. The van der Waals surface area contributed by atoms with Crippen LogP contribution in [0.15, 0.2) is 24.3 Å². The summed E-state index contributed by atoms with van der Waals surface area (Å²) in [7, 11) is 0. The molecule has 2 aliphatic rings. The van der Waals surface area contributed by atoms with E-state index in [1.807, 2.05) is 17.0 Å². The van der Waals surface area contributed by atoms with Crippen molar-refractivity contribution in [3.8, 4) is 0 Å². The van der Waals surface area contributed by atoms with E-state index in [1.165, 1.54) is 0 Å². The number of rotatable bonds is 6. The topological polar surface area (TPSA) is 86.7 Å². The van der Waals surface area contributed by atoms with Crippen molar-refractivity contribution in [3.63, 3.8) is 0 Å². The second-order valence-corrected chi connectivity index (χ2v) is 6.98. The molecule has 1 aliphatic heterocycles. The predicted octanol–water partition coefficient (Wildman–Crippen LogP) is 2.29. The Bertz CT molecular complexity index is 652. The summed E-state index contributed by atoms with van der Waals surface area (Å²) in [6.07, 6.45) is 4.21. The largest absolute Gasteiger partial charge is 0.481 e. The van der Waals surface area contributed by atoms with Crippen LogP contribution in [0.25, 0.3) is 0 Å². The number of nitrogens with one attached hydrogen (secondary N) is 1. The van der Waals surface area contributed by atoms with Crippen LogP contribution in [0.3, 0.4) is 0 Å².